The Morgan fingerprint density at radius 1 is 1.43 bits per heavy atom. The summed E-state index contributed by atoms with van der Waals surface area (Å²) in [6.07, 6.45) is 0.536. The molecule has 0 rings (SSSR count). The molecule has 0 saturated carbocycles. The number of carbonyl (C=O) groups is 1. The number of nitrogens with two attached hydrogens (primary N) is 2. The highest BCUT2D eigenvalue weighted by molar-refractivity contribution is 5.75. The van der Waals surface area contributed by atoms with Crippen molar-refractivity contribution in [1.82, 2.24) is 5.06 Å². The molecule has 14 heavy (non-hydrogen) atoms. The van der Waals surface area contributed by atoms with E-state index in [4.69, 9.17) is 16.7 Å². The number of hydrogen-bond acceptors (Lipinski definition) is 3. The second-order valence-corrected chi connectivity index (χ2v) is 2.30. The molecular formula is C8H20N4O2. The number of aliphatic imine (C=N–C) groups is 1. The third kappa shape index (κ3) is 10.7. The van der Waals surface area contributed by atoms with Gasteiger partial charge in [0.1, 0.15) is 0 Å². The number of carbonyl (C=O) groups excluding carboxylic acids is 1. The first kappa shape index (κ1) is 15.2. The van der Waals surface area contributed by atoms with Gasteiger partial charge in [-0.1, -0.05) is 13.8 Å². The van der Waals surface area contributed by atoms with E-state index in [1.165, 1.54) is 6.92 Å². The minimum absolute atomic E-state index is 0.0160. The molecule has 0 aromatic carbocycles. The van der Waals surface area contributed by atoms with Gasteiger partial charge in [-0.3, -0.25) is 15.0 Å². The van der Waals surface area contributed by atoms with Gasteiger partial charge < -0.3 is 11.5 Å². The molecule has 6 nitrogen and oxygen atoms in total. The summed E-state index contributed by atoms with van der Waals surface area (Å²) >= 11 is 0. The van der Waals surface area contributed by atoms with Crippen molar-refractivity contribution < 1.29 is 10.0 Å². The molecule has 0 bridgehead atoms. The van der Waals surface area contributed by atoms with Crippen molar-refractivity contribution in [1.29, 1.82) is 0 Å². The van der Waals surface area contributed by atoms with Gasteiger partial charge in [0.25, 0.3) is 0 Å². The van der Waals surface area contributed by atoms with Crippen molar-refractivity contribution in [2.45, 2.75) is 27.2 Å². The Hall–Kier alpha value is -1.30. The first-order valence-electron chi connectivity index (χ1n) is 4.56. The molecule has 0 unspecified atom stereocenters. The molecule has 0 radical (unpaired) electrons. The Labute approximate surface area is 84.5 Å². The van der Waals surface area contributed by atoms with Gasteiger partial charge >= 0.3 is 0 Å². The summed E-state index contributed by atoms with van der Waals surface area (Å²) in [7, 11) is 0. The molecule has 6 heteroatoms. The Bertz CT molecular complexity index is 178. The zero-order valence-corrected chi connectivity index (χ0v) is 9.03. The second-order valence-electron chi connectivity index (χ2n) is 2.30. The van der Waals surface area contributed by atoms with Gasteiger partial charge in [0.2, 0.25) is 5.91 Å². The fourth-order valence-corrected chi connectivity index (χ4v) is 0.586. The molecule has 0 aliphatic rings. The highest BCUT2D eigenvalue weighted by atomic mass is 16.5. The Balaban J connectivity index is 0. The zero-order valence-electron chi connectivity index (χ0n) is 9.03. The summed E-state index contributed by atoms with van der Waals surface area (Å²) in [6.45, 7) is 5.93. The molecule has 1 amide bonds. The maximum atomic E-state index is 10.5. The Kier molecular flexibility index (Phi) is 10.6. The molecule has 0 heterocycles. The van der Waals surface area contributed by atoms with Crippen molar-refractivity contribution in [3.05, 3.63) is 0 Å². The molecule has 0 spiro atoms. The van der Waals surface area contributed by atoms with Crippen LogP contribution in [0.3, 0.4) is 0 Å². The average Bonchev–Trinajstić information content (AvgIpc) is 2.15. The Morgan fingerprint density at radius 3 is 2.29 bits per heavy atom. The third-order valence-corrected chi connectivity index (χ3v) is 1.19. The largest absolute Gasteiger partial charge is 0.370 e. The summed E-state index contributed by atoms with van der Waals surface area (Å²) in [4.78, 5) is 14.1. The fourth-order valence-electron chi connectivity index (χ4n) is 0.586. The van der Waals surface area contributed by atoms with Crippen LogP contribution in [-0.2, 0) is 4.79 Å². The van der Waals surface area contributed by atoms with Crippen LogP contribution in [0.2, 0.25) is 0 Å². The van der Waals surface area contributed by atoms with Crippen LogP contribution in [0.5, 0.6) is 0 Å². The number of nitrogens with zero attached hydrogens (tertiary/aromatic N) is 2. The standard InChI is InChI=1S/C6H14N4O2.C2H6/c1-5(11)10(12)4-2-3-9-6(7)8;1-2/h12H,2-4H2,1H3,(H4,7,8,9);1-2H3. The van der Waals surface area contributed by atoms with Gasteiger partial charge in [-0.15, -0.1) is 0 Å². The monoisotopic (exact) mass is 204 g/mol. The summed E-state index contributed by atoms with van der Waals surface area (Å²) in [5.74, 6) is -0.373. The summed E-state index contributed by atoms with van der Waals surface area (Å²) in [6, 6.07) is 0. The fraction of sp³-hybridized carbons (Fsp3) is 0.750. The van der Waals surface area contributed by atoms with Gasteiger partial charge in [0.15, 0.2) is 5.96 Å². The van der Waals surface area contributed by atoms with Crippen LogP contribution in [0.15, 0.2) is 4.99 Å². The lowest BCUT2D eigenvalue weighted by Crippen LogP contribution is -2.27. The van der Waals surface area contributed by atoms with E-state index in [1.807, 2.05) is 13.8 Å². The van der Waals surface area contributed by atoms with Crippen LogP contribution in [-0.4, -0.2) is 35.2 Å². The second kappa shape index (κ2) is 9.79. The van der Waals surface area contributed by atoms with Gasteiger partial charge in [-0.25, -0.2) is 5.06 Å². The predicted molar refractivity (Wildman–Crippen MR) is 55.8 cm³/mol. The topological polar surface area (TPSA) is 105 Å². The molecular weight excluding hydrogens is 184 g/mol. The maximum absolute atomic E-state index is 10.5. The van der Waals surface area contributed by atoms with Crippen molar-refractivity contribution >= 4 is 11.9 Å². The molecule has 0 aliphatic heterocycles. The lowest BCUT2D eigenvalue weighted by atomic mass is 10.4. The van der Waals surface area contributed by atoms with Gasteiger partial charge in [-0.2, -0.15) is 0 Å². The SMILES string of the molecule is CC.CC(=O)N(O)CCCN=C(N)N. The summed E-state index contributed by atoms with van der Waals surface area (Å²) < 4.78 is 0. The number of hydrogen-bond donors (Lipinski definition) is 3. The minimum atomic E-state index is -0.389. The van der Waals surface area contributed by atoms with E-state index in [1.54, 1.807) is 0 Å². The number of guanidine groups is 1. The van der Waals surface area contributed by atoms with E-state index in [9.17, 15) is 4.79 Å². The highest BCUT2D eigenvalue weighted by Crippen LogP contribution is 1.87. The molecule has 5 N–H and O–H groups in total. The van der Waals surface area contributed by atoms with Crippen LogP contribution >= 0.6 is 0 Å². The van der Waals surface area contributed by atoms with Crippen LogP contribution < -0.4 is 11.5 Å². The van der Waals surface area contributed by atoms with Gasteiger partial charge in [0.05, 0.1) is 6.54 Å². The molecule has 0 saturated heterocycles. The zero-order chi connectivity index (χ0) is 11.6. The average molecular weight is 204 g/mol. The van der Waals surface area contributed by atoms with E-state index in [0.29, 0.717) is 18.0 Å². The number of rotatable bonds is 4. The first-order chi connectivity index (χ1) is 6.54. The van der Waals surface area contributed by atoms with Crippen LogP contribution in [0.1, 0.15) is 27.2 Å². The molecule has 0 aromatic heterocycles. The lowest BCUT2D eigenvalue weighted by molar-refractivity contribution is -0.162. The Morgan fingerprint density at radius 2 is 1.93 bits per heavy atom. The molecule has 0 atom stereocenters. The normalized spacial score (nSPS) is 8.29. The van der Waals surface area contributed by atoms with Crippen LogP contribution in [0.4, 0.5) is 0 Å². The molecule has 84 valence electrons. The highest BCUT2D eigenvalue weighted by Gasteiger charge is 2.01. The van der Waals surface area contributed by atoms with E-state index in [2.05, 4.69) is 4.99 Å². The smallest absolute Gasteiger partial charge is 0.242 e. The maximum Gasteiger partial charge on any atom is 0.242 e. The number of hydroxylamine groups is 2. The minimum Gasteiger partial charge on any atom is -0.370 e. The predicted octanol–water partition coefficient (Wildman–Crippen LogP) is -0.0862. The van der Waals surface area contributed by atoms with Crippen molar-refractivity contribution in [3.8, 4) is 0 Å². The van der Waals surface area contributed by atoms with E-state index in [0.717, 1.165) is 0 Å². The van der Waals surface area contributed by atoms with Crippen LogP contribution in [0.25, 0.3) is 0 Å². The lowest BCUT2D eigenvalue weighted by Gasteiger charge is -2.10. The van der Waals surface area contributed by atoms with E-state index < -0.39 is 0 Å². The first-order valence-corrected chi connectivity index (χ1v) is 4.56. The summed E-state index contributed by atoms with van der Waals surface area (Å²) in [5, 5.41) is 9.49. The van der Waals surface area contributed by atoms with Gasteiger partial charge in [0, 0.05) is 13.5 Å². The van der Waals surface area contributed by atoms with Gasteiger partial charge in [-0.05, 0) is 6.42 Å². The molecule has 0 aliphatic carbocycles. The van der Waals surface area contributed by atoms with Crippen LogP contribution in [0, 0.1) is 0 Å². The van der Waals surface area contributed by atoms with Crippen molar-refractivity contribution in [2.24, 2.45) is 16.5 Å². The van der Waals surface area contributed by atoms with Crippen molar-refractivity contribution in [2.75, 3.05) is 13.1 Å². The molecule has 0 fully saturated rings. The summed E-state index contributed by atoms with van der Waals surface area (Å²) in [5.41, 5.74) is 10.1. The third-order valence-electron chi connectivity index (χ3n) is 1.19. The molecule has 0 aromatic rings. The quantitative estimate of drug-likeness (QED) is 0.196. The van der Waals surface area contributed by atoms with E-state index >= 15 is 0 Å². The van der Waals surface area contributed by atoms with E-state index in [-0.39, 0.29) is 18.4 Å². The number of amides is 1. The van der Waals surface area contributed by atoms with Crippen molar-refractivity contribution in [3.63, 3.8) is 0 Å².